The van der Waals surface area contributed by atoms with Gasteiger partial charge in [0.25, 0.3) is 0 Å². The smallest absolute Gasteiger partial charge is 0.357 e. The Morgan fingerprint density at radius 2 is 2.09 bits per heavy atom. The molecule has 0 radical (unpaired) electrons. The minimum atomic E-state index is -0.518. The normalized spacial score (nSPS) is 10.3. The van der Waals surface area contributed by atoms with Gasteiger partial charge in [0.1, 0.15) is 11.6 Å². The highest BCUT2D eigenvalue weighted by molar-refractivity contribution is 7.09. The Kier molecular flexibility index (Phi) is 7.46. The molecule has 0 saturated carbocycles. The molecule has 128 valence electrons. The Bertz CT molecular complexity index is 558. The van der Waals surface area contributed by atoms with Gasteiger partial charge in [0.05, 0.1) is 20.3 Å². The van der Waals surface area contributed by atoms with Crippen LogP contribution in [0.4, 0.5) is 4.79 Å². The van der Waals surface area contributed by atoms with Crippen LogP contribution in [0.25, 0.3) is 0 Å². The third-order valence-corrected chi connectivity index (χ3v) is 3.66. The van der Waals surface area contributed by atoms with Gasteiger partial charge in [0.2, 0.25) is 0 Å². The lowest BCUT2D eigenvalue weighted by Gasteiger charge is -2.25. The first-order valence-corrected chi connectivity index (χ1v) is 7.99. The number of ether oxygens (including phenoxy) is 2. The zero-order valence-corrected chi connectivity index (χ0v) is 14.4. The van der Waals surface area contributed by atoms with Crippen LogP contribution in [0.15, 0.2) is 5.38 Å². The summed E-state index contributed by atoms with van der Waals surface area (Å²) >= 11 is 1.26. The van der Waals surface area contributed by atoms with E-state index in [1.54, 1.807) is 12.3 Å². The summed E-state index contributed by atoms with van der Waals surface area (Å²) in [6, 6.07) is -0.509. The number of carbonyl (C=O) groups excluding carboxylic acids is 3. The Morgan fingerprint density at radius 1 is 1.39 bits per heavy atom. The summed E-state index contributed by atoms with van der Waals surface area (Å²) in [7, 11) is 1.28. The van der Waals surface area contributed by atoms with Gasteiger partial charge in [0.15, 0.2) is 5.69 Å². The Morgan fingerprint density at radius 3 is 2.65 bits per heavy atom. The molecule has 1 aromatic rings. The topological polar surface area (TPSA) is 97.8 Å². The Labute approximate surface area is 138 Å². The zero-order valence-electron chi connectivity index (χ0n) is 13.6. The zero-order chi connectivity index (χ0) is 17.4. The number of aromatic nitrogens is 1. The number of nitrogens with zero attached hydrogens (tertiary/aromatic N) is 2. The molecule has 0 aliphatic heterocycles. The largest absolute Gasteiger partial charge is 0.465 e. The second kappa shape index (κ2) is 9.09. The number of rotatable bonds is 7. The van der Waals surface area contributed by atoms with Crippen molar-refractivity contribution < 1.29 is 23.9 Å². The van der Waals surface area contributed by atoms with E-state index >= 15 is 0 Å². The minimum Gasteiger partial charge on any atom is -0.465 e. The van der Waals surface area contributed by atoms with Gasteiger partial charge in [-0.1, -0.05) is 0 Å². The molecule has 0 spiro atoms. The SMILES string of the molecule is CCOC(=O)CNC(=O)N(Cc1nc(C(=O)OC)cs1)C(C)C. The molecular formula is C14H21N3O5S. The minimum absolute atomic E-state index is 0.109. The summed E-state index contributed by atoms with van der Waals surface area (Å²) in [6.07, 6.45) is 0. The molecule has 8 nitrogen and oxygen atoms in total. The van der Waals surface area contributed by atoms with E-state index < -0.39 is 18.0 Å². The summed E-state index contributed by atoms with van der Waals surface area (Å²) in [4.78, 5) is 40.5. The van der Waals surface area contributed by atoms with E-state index in [1.165, 1.54) is 23.3 Å². The summed E-state index contributed by atoms with van der Waals surface area (Å²) in [5, 5.41) is 4.69. The van der Waals surface area contributed by atoms with Gasteiger partial charge in [-0.3, -0.25) is 4.79 Å². The van der Waals surface area contributed by atoms with Gasteiger partial charge >= 0.3 is 18.0 Å². The molecule has 0 bridgehead atoms. The highest BCUT2D eigenvalue weighted by atomic mass is 32.1. The number of amides is 2. The van der Waals surface area contributed by atoms with Crippen LogP contribution in [0.2, 0.25) is 0 Å². The molecule has 0 atom stereocenters. The summed E-state index contributed by atoms with van der Waals surface area (Å²) < 4.78 is 9.36. The lowest BCUT2D eigenvalue weighted by molar-refractivity contribution is -0.141. The molecular weight excluding hydrogens is 322 g/mol. The van der Waals surface area contributed by atoms with Crippen molar-refractivity contribution in [2.24, 2.45) is 0 Å². The van der Waals surface area contributed by atoms with E-state index in [-0.39, 0.29) is 31.4 Å². The van der Waals surface area contributed by atoms with Crippen molar-refractivity contribution in [1.29, 1.82) is 0 Å². The highest BCUT2D eigenvalue weighted by Crippen LogP contribution is 2.15. The number of hydrogen-bond donors (Lipinski definition) is 1. The number of esters is 2. The van der Waals surface area contributed by atoms with Gasteiger partial charge in [-0.15, -0.1) is 11.3 Å². The number of carbonyl (C=O) groups is 3. The fourth-order valence-electron chi connectivity index (χ4n) is 1.68. The van der Waals surface area contributed by atoms with Gasteiger partial charge in [-0.25, -0.2) is 14.6 Å². The molecule has 1 N–H and O–H groups in total. The van der Waals surface area contributed by atoms with Crippen LogP contribution in [0.1, 0.15) is 36.3 Å². The Hall–Kier alpha value is -2.16. The van der Waals surface area contributed by atoms with E-state index in [0.29, 0.717) is 5.01 Å². The standard InChI is InChI=1S/C14H21N3O5S/c1-5-22-12(18)6-15-14(20)17(9(2)3)7-11-16-10(8-23-11)13(19)21-4/h8-9H,5-7H2,1-4H3,(H,15,20). The average Bonchev–Trinajstić information content (AvgIpc) is 2.98. The first-order chi connectivity index (χ1) is 10.9. The molecule has 23 heavy (non-hydrogen) atoms. The quantitative estimate of drug-likeness (QED) is 0.752. The molecule has 2 amide bonds. The van der Waals surface area contributed by atoms with E-state index in [1.807, 2.05) is 13.8 Å². The first-order valence-electron chi connectivity index (χ1n) is 7.11. The number of thiazole rings is 1. The second-order valence-electron chi connectivity index (χ2n) is 4.80. The van der Waals surface area contributed by atoms with Crippen molar-refractivity contribution in [2.75, 3.05) is 20.3 Å². The van der Waals surface area contributed by atoms with Crippen molar-refractivity contribution in [3.8, 4) is 0 Å². The molecule has 1 rings (SSSR count). The summed E-state index contributed by atoms with van der Waals surface area (Å²) in [5.74, 6) is -1.01. The maximum atomic E-state index is 12.2. The summed E-state index contributed by atoms with van der Waals surface area (Å²) in [6.45, 7) is 5.69. The fourth-order valence-corrected chi connectivity index (χ4v) is 2.44. The molecule has 1 heterocycles. The lowest BCUT2D eigenvalue weighted by Crippen LogP contribution is -2.45. The van der Waals surface area contributed by atoms with Gasteiger partial charge < -0.3 is 19.7 Å². The van der Waals surface area contributed by atoms with E-state index in [9.17, 15) is 14.4 Å². The maximum absolute atomic E-state index is 12.2. The second-order valence-corrected chi connectivity index (χ2v) is 5.75. The van der Waals surface area contributed by atoms with E-state index in [2.05, 4.69) is 15.0 Å². The van der Waals surface area contributed by atoms with Crippen molar-refractivity contribution in [3.63, 3.8) is 0 Å². The van der Waals surface area contributed by atoms with Crippen molar-refractivity contribution in [2.45, 2.75) is 33.4 Å². The van der Waals surface area contributed by atoms with Crippen LogP contribution >= 0.6 is 11.3 Å². The number of urea groups is 1. The fraction of sp³-hybridized carbons (Fsp3) is 0.571. The van der Waals surface area contributed by atoms with Crippen LogP contribution in [-0.4, -0.2) is 54.2 Å². The van der Waals surface area contributed by atoms with Gasteiger partial charge in [-0.05, 0) is 20.8 Å². The molecule has 0 aliphatic carbocycles. The van der Waals surface area contributed by atoms with Crippen molar-refractivity contribution in [1.82, 2.24) is 15.2 Å². The molecule has 0 aliphatic rings. The van der Waals surface area contributed by atoms with Crippen LogP contribution in [0.5, 0.6) is 0 Å². The van der Waals surface area contributed by atoms with E-state index in [4.69, 9.17) is 4.74 Å². The maximum Gasteiger partial charge on any atom is 0.357 e. The van der Waals surface area contributed by atoms with Crippen LogP contribution in [0.3, 0.4) is 0 Å². The molecule has 9 heteroatoms. The third kappa shape index (κ3) is 5.85. The molecule has 0 fully saturated rings. The predicted molar refractivity (Wildman–Crippen MR) is 84.2 cm³/mol. The molecule has 0 unspecified atom stereocenters. The van der Waals surface area contributed by atoms with Crippen molar-refractivity contribution >= 4 is 29.3 Å². The van der Waals surface area contributed by atoms with Gasteiger partial charge in [-0.2, -0.15) is 0 Å². The number of methoxy groups -OCH3 is 1. The molecule has 1 aromatic heterocycles. The number of nitrogens with one attached hydrogen (secondary N) is 1. The summed E-state index contributed by atoms with van der Waals surface area (Å²) in [5.41, 5.74) is 0.211. The number of hydrogen-bond acceptors (Lipinski definition) is 7. The van der Waals surface area contributed by atoms with Gasteiger partial charge in [0, 0.05) is 11.4 Å². The van der Waals surface area contributed by atoms with Crippen LogP contribution < -0.4 is 5.32 Å². The average molecular weight is 343 g/mol. The van der Waals surface area contributed by atoms with Crippen molar-refractivity contribution in [3.05, 3.63) is 16.1 Å². The molecule has 0 saturated heterocycles. The predicted octanol–water partition coefficient (Wildman–Crippen LogP) is 1.41. The lowest BCUT2D eigenvalue weighted by atomic mass is 10.3. The highest BCUT2D eigenvalue weighted by Gasteiger charge is 2.20. The molecule has 0 aromatic carbocycles. The first kappa shape index (κ1) is 18.9. The van der Waals surface area contributed by atoms with E-state index in [0.717, 1.165) is 0 Å². The monoisotopic (exact) mass is 343 g/mol. The third-order valence-electron chi connectivity index (χ3n) is 2.83. The Balaban J connectivity index is 2.67. The van der Waals surface area contributed by atoms with Crippen LogP contribution in [-0.2, 0) is 20.8 Å². The van der Waals surface area contributed by atoms with Crippen LogP contribution in [0, 0.1) is 0 Å².